The second-order valence-electron chi connectivity index (χ2n) is 18.8. The molecule has 3 aromatic heterocycles. The molecule has 1 aromatic carbocycles. The Morgan fingerprint density at radius 3 is 2.31 bits per heavy atom. The zero-order valence-electron chi connectivity index (χ0n) is 33.6. The molecule has 0 spiro atoms. The average Bonchev–Trinajstić information content (AvgIpc) is 3.53. The summed E-state index contributed by atoms with van der Waals surface area (Å²) in [4.78, 5) is 54.6. The molecule has 1 aliphatic heterocycles. The van der Waals surface area contributed by atoms with Gasteiger partial charge in [-0.3, -0.25) is 24.0 Å². The molecule has 2 unspecified atom stereocenters. The molecule has 4 aromatic rings. The number of H-pyrrole nitrogens is 1. The monoisotopic (exact) mass is 746 g/mol. The summed E-state index contributed by atoms with van der Waals surface area (Å²) in [5.74, 6) is 1.37. The maximum atomic E-state index is 14.5. The Balaban J connectivity index is 0.938. The second kappa shape index (κ2) is 13.9. The van der Waals surface area contributed by atoms with Crippen LogP contribution in [0.4, 0.5) is 5.82 Å². The van der Waals surface area contributed by atoms with Gasteiger partial charge in [-0.25, -0.2) is 4.98 Å². The van der Waals surface area contributed by atoms with Gasteiger partial charge in [-0.2, -0.15) is 5.10 Å². The predicted molar refractivity (Wildman–Crippen MR) is 217 cm³/mol. The molecule has 9 rings (SSSR count). The van der Waals surface area contributed by atoms with Crippen molar-refractivity contribution in [2.24, 2.45) is 27.9 Å². The van der Waals surface area contributed by atoms with Crippen LogP contribution in [0.5, 0.6) is 0 Å². The molecule has 4 saturated carbocycles. The van der Waals surface area contributed by atoms with Crippen molar-refractivity contribution in [1.82, 2.24) is 29.5 Å². The third kappa shape index (κ3) is 7.32. The first-order valence-electron chi connectivity index (χ1n) is 20.3. The number of carbonyl (C=O) groups is 2. The summed E-state index contributed by atoms with van der Waals surface area (Å²) in [6.07, 6.45) is 11.6. The number of aromatic nitrogens is 4. The Bertz CT molecular complexity index is 2160. The highest BCUT2D eigenvalue weighted by Crippen LogP contribution is 2.70. The van der Waals surface area contributed by atoms with E-state index in [0.717, 1.165) is 90.6 Å². The van der Waals surface area contributed by atoms with Gasteiger partial charge in [-0.05, 0) is 130 Å². The Hall–Kier alpha value is -4.51. The molecule has 4 aliphatic carbocycles. The lowest BCUT2D eigenvalue weighted by Crippen LogP contribution is -2.56. The number of carbonyl (C=O) groups excluding carboxylic acids is 2. The van der Waals surface area contributed by atoms with Gasteiger partial charge >= 0.3 is 0 Å². The molecule has 2 amide bonds. The number of primary amides is 1. The van der Waals surface area contributed by atoms with Gasteiger partial charge in [0.25, 0.3) is 5.56 Å². The number of fused-ring (bicyclic) bond motifs is 1. The average molecular weight is 747 g/mol. The summed E-state index contributed by atoms with van der Waals surface area (Å²) < 4.78 is 1.91. The zero-order valence-corrected chi connectivity index (χ0v) is 33.6. The smallest absolute Gasteiger partial charge is 0.253 e. The summed E-state index contributed by atoms with van der Waals surface area (Å²) >= 11 is 0. The third-order valence-electron chi connectivity index (χ3n) is 13.4. The van der Waals surface area contributed by atoms with E-state index in [4.69, 9.17) is 10.7 Å². The predicted octanol–water partition coefficient (Wildman–Crippen LogP) is 6.62. The van der Waals surface area contributed by atoms with Gasteiger partial charge in [0.05, 0.1) is 23.8 Å². The van der Waals surface area contributed by atoms with E-state index >= 15 is 0 Å². The molecule has 1 saturated heterocycles. The number of piperazine rings is 1. The van der Waals surface area contributed by atoms with Gasteiger partial charge in [0.15, 0.2) is 0 Å². The lowest BCUT2D eigenvalue weighted by Gasteiger charge is -2.65. The number of hydrogen-bond acceptors (Lipinski definition) is 7. The van der Waals surface area contributed by atoms with E-state index in [1.54, 1.807) is 6.20 Å². The number of benzene rings is 1. The number of anilines is 1. The van der Waals surface area contributed by atoms with Crippen LogP contribution in [-0.2, 0) is 11.3 Å². The largest absolute Gasteiger partial charge is 0.366 e. The molecule has 4 bridgehead atoms. The summed E-state index contributed by atoms with van der Waals surface area (Å²) in [6, 6.07) is 10.1. The van der Waals surface area contributed by atoms with Crippen LogP contribution in [-0.4, -0.2) is 80.6 Å². The van der Waals surface area contributed by atoms with E-state index in [-0.39, 0.29) is 22.9 Å². The van der Waals surface area contributed by atoms with Crippen molar-refractivity contribution in [3.8, 4) is 11.1 Å². The Kier molecular flexibility index (Phi) is 9.46. The van der Waals surface area contributed by atoms with Crippen molar-refractivity contribution < 1.29 is 9.59 Å². The van der Waals surface area contributed by atoms with Crippen LogP contribution in [0.15, 0.2) is 47.5 Å². The number of nitrogens with two attached hydrogens (primary N) is 1. The minimum absolute atomic E-state index is 0.0781. The molecule has 4 heterocycles. The molecular weight excluding hydrogens is 689 g/mol. The topological polar surface area (TPSA) is 133 Å². The maximum Gasteiger partial charge on any atom is 0.253 e. The molecule has 5 aliphatic rings. The normalized spacial score (nSPS) is 26.3. The van der Waals surface area contributed by atoms with Crippen LogP contribution in [0.2, 0.25) is 0 Å². The van der Waals surface area contributed by atoms with Crippen LogP contribution in [0.25, 0.3) is 22.0 Å². The van der Waals surface area contributed by atoms with Crippen molar-refractivity contribution in [2.75, 3.05) is 44.2 Å². The minimum atomic E-state index is -0.476. The molecule has 11 nitrogen and oxygen atoms in total. The molecule has 0 radical (unpaired) electrons. The zero-order chi connectivity index (χ0) is 38.9. The number of hydrogen-bond donors (Lipinski definition) is 2. The van der Waals surface area contributed by atoms with Crippen LogP contribution >= 0.6 is 0 Å². The summed E-state index contributed by atoms with van der Waals surface area (Å²) in [5.41, 5.74) is 12.1. The van der Waals surface area contributed by atoms with Crippen molar-refractivity contribution in [3.63, 3.8) is 0 Å². The number of aromatic amines is 1. The van der Waals surface area contributed by atoms with Gasteiger partial charge in [0.2, 0.25) is 11.8 Å². The first-order chi connectivity index (χ1) is 26.1. The van der Waals surface area contributed by atoms with Crippen molar-refractivity contribution in [3.05, 3.63) is 75.5 Å². The highest BCUT2D eigenvalue weighted by molar-refractivity contribution is 6.07. The fraction of sp³-hybridized carbons (Fsp3) is 0.568. The number of aryl methyl sites for hydroxylation is 2. The number of pyridine rings is 2. The molecule has 55 heavy (non-hydrogen) atoms. The van der Waals surface area contributed by atoms with Crippen molar-refractivity contribution in [2.45, 2.75) is 99.1 Å². The standard InChI is InChI=1S/C44H58N8O3/c1-28(2)52-37-17-33(16-34(40(45)54)35(37)23-47-52)32-7-8-38(46-22-32)50-12-9-49(10-13-50)11-14-51(24-36-29(3)15-30(4)48-41(36)55)39(53)21-44-20-31-18-42(5,26-44)25-43(6,19-31)27-44/h7-8,15-17,22-23,28,31H,9-14,18-21,24-27H2,1-6H3,(H2,45,54)(H,48,55). The Labute approximate surface area is 324 Å². The van der Waals surface area contributed by atoms with E-state index in [1.165, 1.54) is 25.7 Å². The molecule has 2 atom stereocenters. The number of nitrogens with zero attached hydrogens (tertiary/aromatic N) is 6. The lowest BCUT2D eigenvalue weighted by molar-refractivity contribution is -0.161. The fourth-order valence-electron chi connectivity index (χ4n) is 12.0. The molecule has 5 fully saturated rings. The fourth-order valence-corrected chi connectivity index (χ4v) is 12.0. The summed E-state index contributed by atoms with van der Waals surface area (Å²) in [7, 11) is 0. The summed E-state index contributed by atoms with van der Waals surface area (Å²) in [6.45, 7) is 18.0. The van der Waals surface area contributed by atoms with Crippen LogP contribution in [0.3, 0.4) is 0 Å². The van der Waals surface area contributed by atoms with E-state index in [9.17, 15) is 14.4 Å². The van der Waals surface area contributed by atoms with Gasteiger partial charge in [0, 0.05) is 80.1 Å². The summed E-state index contributed by atoms with van der Waals surface area (Å²) in [5, 5.41) is 5.26. The van der Waals surface area contributed by atoms with Crippen molar-refractivity contribution >= 4 is 28.5 Å². The first kappa shape index (κ1) is 37.4. The maximum absolute atomic E-state index is 14.5. The van der Waals surface area contributed by atoms with E-state index in [1.807, 2.05) is 47.8 Å². The van der Waals surface area contributed by atoms with Gasteiger partial charge in [-0.15, -0.1) is 0 Å². The Morgan fingerprint density at radius 2 is 1.69 bits per heavy atom. The quantitative estimate of drug-likeness (QED) is 0.176. The molecule has 11 heteroatoms. The van der Waals surface area contributed by atoms with E-state index in [2.05, 4.69) is 59.7 Å². The van der Waals surface area contributed by atoms with Crippen LogP contribution < -0.4 is 16.2 Å². The minimum Gasteiger partial charge on any atom is -0.366 e. The van der Waals surface area contributed by atoms with Crippen LogP contribution in [0.1, 0.15) is 106 Å². The van der Waals surface area contributed by atoms with Gasteiger partial charge in [0.1, 0.15) is 5.82 Å². The third-order valence-corrected chi connectivity index (χ3v) is 13.4. The highest BCUT2D eigenvalue weighted by atomic mass is 16.2. The van der Waals surface area contributed by atoms with Gasteiger partial charge < -0.3 is 20.5 Å². The number of rotatable bonds is 11. The number of nitrogens with one attached hydrogen (secondary N) is 1. The molecule has 292 valence electrons. The van der Waals surface area contributed by atoms with E-state index in [0.29, 0.717) is 41.5 Å². The molecular formula is C44H58N8O3. The van der Waals surface area contributed by atoms with Gasteiger partial charge in [-0.1, -0.05) is 13.8 Å². The Morgan fingerprint density at radius 1 is 0.964 bits per heavy atom. The second-order valence-corrected chi connectivity index (χ2v) is 18.8. The van der Waals surface area contributed by atoms with Crippen molar-refractivity contribution in [1.29, 1.82) is 0 Å². The van der Waals surface area contributed by atoms with Crippen LogP contribution in [0, 0.1) is 36.0 Å². The highest BCUT2D eigenvalue weighted by Gasteiger charge is 2.60. The molecule has 3 N–H and O–H groups in total. The van der Waals surface area contributed by atoms with E-state index < -0.39 is 5.91 Å². The lowest BCUT2D eigenvalue weighted by atomic mass is 9.40. The number of amides is 2. The SMILES string of the molecule is Cc1cc(C)c(CN(CCN2CCN(c3ccc(-c4cc(C(N)=O)c5cnn(C(C)C)c5c4)cn3)CC2)C(=O)CC23CC4CC(C)(CC(C)(C4)C2)C3)c(=O)[nH]1. The first-order valence-corrected chi connectivity index (χ1v) is 20.3.